The quantitative estimate of drug-likeness (QED) is 0.838. The molecule has 0 fully saturated rings. The second kappa shape index (κ2) is 6.27. The molecule has 1 aromatic carbocycles. The maximum Gasteiger partial charge on any atom is 0.148 e. The van der Waals surface area contributed by atoms with Crippen LogP contribution in [0.3, 0.4) is 0 Å². The second-order valence-electron chi connectivity index (χ2n) is 4.42. The molecule has 0 aliphatic heterocycles. The van der Waals surface area contributed by atoms with Gasteiger partial charge in [0.2, 0.25) is 0 Å². The monoisotopic (exact) mass is 359 g/mol. The Labute approximate surface area is 130 Å². The highest BCUT2D eigenvalue weighted by Crippen LogP contribution is 2.34. The third-order valence-corrected chi connectivity index (χ3v) is 4.53. The van der Waals surface area contributed by atoms with Crippen molar-refractivity contribution in [2.75, 3.05) is 0 Å². The SMILES string of the molecule is Cc1ccc(C(Oc2cc(Br)ccc2Cl)C(C)N)s1. The zero-order chi connectivity index (χ0) is 14.0. The van der Waals surface area contributed by atoms with Crippen molar-refractivity contribution in [1.29, 1.82) is 0 Å². The van der Waals surface area contributed by atoms with E-state index in [0.717, 1.165) is 9.35 Å². The summed E-state index contributed by atoms with van der Waals surface area (Å²) in [6.45, 7) is 4.00. The van der Waals surface area contributed by atoms with Crippen molar-refractivity contribution >= 4 is 38.9 Å². The molecule has 1 aromatic heterocycles. The average molecular weight is 361 g/mol. The normalized spacial score (nSPS) is 14.2. The number of rotatable bonds is 4. The number of thiophene rings is 1. The Hall–Kier alpha value is -0.550. The summed E-state index contributed by atoms with van der Waals surface area (Å²) in [5.41, 5.74) is 6.04. The van der Waals surface area contributed by atoms with Gasteiger partial charge in [-0.15, -0.1) is 11.3 Å². The van der Waals surface area contributed by atoms with Crippen LogP contribution in [0.25, 0.3) is 0 Å². The third-order valence-electron chi connectivity index (χ3n) is 2.67. The van der Waals surface area contributed by atoms with Gasteiger partial charge in [-0.1, -0.05) is 27.5 Å². The molecule has 19 heavy (non-hydrogen) atoms. The van der Waals surface area contributed by atoms with Crippen molar-refractivity contribution < 1.29 is 4.74 Å². The zero-order valence-corrected chi connectivity index (χ0v) is 13.8. The minimum absolute atomic E-state index is 0.118. The third kappa shape index (κ3) is 3.72. The minimum atomic E-state index is -0.189. The molecule has 2 rings (SSSR count). The van der Waals surface area contributed by atoms with Gasteiger partial charge in [-0.3, -0.25) is 0 Å². The summed E-state index contributed by atoms with van der Waals surface area (Å²) in [5.74, 6) is 0.643. The second-order valence-corrected chi connectivity index (χ2v) is 7.06. The summed E-state index contributed by atoms with van der Waals surface area (Å²) in [7, 11) is 0. The van der Waals surface area contributed by atoms with Crippen LogP contribution >= 0.6 is 38.9 Å². The van der Waals surface area contributed by atoms with E-state index in [-0.39, 0.29) is 12.1 Å². The first-order chi connectivity index (χ1) is 8.97. The fraction of sp³-hybridized carbons (Fsp3) is 0.286. The van der Waals surface area contributed by atoms with Gasteiger partial charge >= 0.3 is 0 Å². The van der Waals surface area contributed by atoms with Crippen LogP contribution in [0.5, 0.6) is 5.75 Å². The average Bonchev–Trinajstić information content (AvgIpc) is 2.76. The molecule has 0 saturated carbocycles. The maximum atomic E-state index is 6.15. The number of nitrogens with two attached hydrogens (primary N) is 1. The van der Waals surface area contributed by atoms with Gasteiger partial charge in [0.25, 0.3) is 0 Å². The van der Waals surface area contributed by atoms with Crippen LogP contribution in [-0.4, -0.2) is 6.04 Å². The van der Waals surface area contributed by atoms with Gasteiger partial charge in [0.1, 0.15) is 11.9 Å². The lowest BCUT2D eigenvalue weighted by Gasteiger charge is -2.22. The van der Waals surface area contributed by atoms with E-state index in [0.29, 0.717) is 10.8 Å². The molecule has 102 valence electrons. The van der Waals surface area contributed by atoms with E-state index in [2.05, 4.69) is 35.0 Å². The number of benzene rings is 1. The van der Waals surface area contributed by atoms with E-state index in [1.165, 1.54) is 4.88 Å². The predicted octanol–water partition coefficient (Wildman–Crippen LogP) is 4.94. The number of hydrogen-bond donors (Lipinski definition) is 1. The first kappa shape index (κ1) is 14.9. The fourth-order valence-corrected chi connectivity index (χ4v) is 3.26. The van der Waals surface area contributed by atoms with Gasteiger partial charge in [0.05, 0.1) is 5.02 Å². The first-order valence-electron chi connectivity index (χ1n) is 5.91. The summed E-state index contributed by atoms with van der Waals surface area (Å²) in [6, 6.07) is 9.55. The van der Waals surface area contributed by atoms with Crippen LogP contribution in [0.1, 0.15) is 22.8 Å². The van der Waals surface area contributed by atoms with Gasteiger partial charge in [-0.05, 0) is 44.2 Å². The Bertz CT molecular complexity index is 570. The molecule has 2 N–H and O–H groups in total. The van der Waals surface area contributed by atoms with E-state index in [1.807, 2.05) is 19.1 Å². The largest absolute Gasteiger partial charge is 0.482 e. The topological polar surface area (TPSA) is 35.2 Å². The molecule has 0 aliphatic carbocycles. The zero-order valence-electron chi connectivity index (χ0n) is 10.7. The molecule has 0 radical (unpaired) electrons. The lowest BCUT2D eigenvalue weighted by atomic mass is 10.1. The van der Waals surface area contributed by atoms with E-state index < -0.39 is 0 Å². The van der Waals surface area contributed by atoms with Crippen LogP contribution < -0.4 is 10.5 Å². The molecule has 2 nitrogen and oxygen atoms in total. The molecular weight excluding hydrogens is 346 g/mol. The first-order valence-corrected chi connectivity index (χ1v) is 7.89. The highest BCUT2D eigenvalue weighted by atomic mass is 79.9. The molecule has 0 saturated heterocycles. The number of ether oxygens (including phenoxy) is 1. The Morgan fingerprint density at radius 1 is 1.32 bits per heavy atom. The number of halogens is 2. The van der Waals surface area contributed by atoms with Gasteiger partial charge in [-0.25, -0.2) is 0 Å². The van der Waals surface area contributed by atoms with Crippen molar-refractivity contribution in [3.05, 3.63) is 49.6 Å². The lowest BCUT2D eigenvalue weighted by molar-refractivity contribution is 0.184. The number of aryl methyl sites for hydroxylation is 1. The maximum absolute atomic E-state index is 6.15. The van der Waals surface area contributed by atoms with Gasteiger partial charge in [-0.2, -0.15) is 0 Å². The molecule has 5 heteroatoms. The van der Waals surface area contributed by atoms with Crippen molar-refractivity contribution in [2.24, 2.45) is 5.73 Å². The Balaban J connectivity index is 2.29. The van der Waals surface area contributed by atoms with Crippen LogP contribution in [0.4, 0.5) is 0 Å². The molecule has 0 aliphatic rings. The summed E-state index contributed by atoms with van der Waals surface area (Å²) < 4.78 is 6.94. The van der Waals surface area contributed by atoms with E-state index in [4.69, 9.17) is 22.1 Å². The highest BCUT2D eigenvalue weighted by Gasteiger charge is 2.21. The molecule has 2 unspecified atom stereocenters. The number of hydrogen-bond acceptors (Lipinski definition) is 3. The Morgan fingerprint density at radius 3 is 2.63 bits per heavy atom. The lowest BCUT2D eigenvalue weighted by Crippen LogP contribution is -2.28. The molecule has 0 spiro atoms. The molecular formula is C14H15BrClNOS. The fourth-order valence-electron chi connectivity index (χ4n) is 1.74. The molecule has 1 heterocycles. The Kier molecular flexibility index (Phi) is 4.90. The van der Waals surface area contributed by atoms with E-state index in [1.54, 1.807) is 17.4 Å². The highest BCUT2D eigenvalue weighted by molar-refractivity contribution is 9.10. The Morgan fingerprint density at radius 2 is 2.05 bits per heavy atom. The summed E-state index contributed by atoms with van der Waals surface area (Å²) in [4.78, 5) is 2.35. The van der Waals surface area contributed by atoms with Gasteiger partial charge in [0, 0.05) is 20.3 Å². The van der Waals surface area contributed by atoms with Crippen LogP contribution in [0, 0.1) is 6.92 Å². The standard InChI is InChI=1S/C14H15BrClNOS/c1-8-3-6-13(19-8)14(9(2)17)18-12-7-10(15)4-5-11(12)16/h3-7,9,14H,17H2,1-2H3. The van der Waals surface area contributed by atoms with Gasteiger partial charge < -0.3 is 10.5 Å². The molecule has 0 bridgehead atoms. The molecule has 2 atom stereocenters. The van der Waals surface area contributed by atoms with Crippen LogP contribution in [-0.2, 0) is 0 Å². The van der Waals surface area contributed by atoms with Gasteiger partial charge in [0.15, 0.2) is 0 Å². The summed E-state index contributed by atoms with van der Waals surface area (Å²) in [5, 5.41) is 0.585. The van der Waals surface area contributed by atoms with Crippen molar-refractivity contribution in [2.45, 2.75) is 26.0 Å². The van der Waals surface area contributed by atoms with Crippen molar-refractivity contribution in [1.82, 2.24) is 0 Å². The van der Waals surface area contributed by atoms with E-state index >= 15 is 0 Å². The van der Waals surface area contributed by atoms with Crippen molar-refractivity contribution in [3.8, 4) is 5.75 Å². The van der Waals surface area contributed by atoms with Crippen molar-refractivity contribution in [3.63, 3.8) is 0 Å². The molecule has 0 amide bonds. The smallest absolute Gasteiger partial charge is 0.148 e. The van der Waals surface area contributed by atoms with Crippen LogP contribution in [0.15, 0.2) is 34.8 Å². The summed E-state index contributed by atoms with van der Waals surface area (Å²) in [6.07, 6.45) is -0.189. The molecule has 2 aromatic rings. The minimum Gasteiger partial charge on any atom is -0.482 e. The van der Waals surface area contributed by atoms with Crippen LogP contribution in [0.2, 0.25) is 5.02 Å². The summed E-state index contributed by atoms with van der Waals surface area (Å²) >= 11 is 11.3. The van der Waals surface area contributed by atoms with E-state index in [9.17, 15) is 0 Å². The predicted molar refractivity (Wildman–Crippen MR) is 85.2 cm³/mol.